The number of likely N-dealkylation sites (tertiary alicyclic amines) is 1. The minimum atomic E-state index is -0.960. The zero-order valence-electron chi connectivity index (χ0n) is 11.3. The quantitative estimate of drug-likeness (QED) is 0.856. The van der Waals surface area contributed by atoms with Gasteiger partial charge in [0, 0.05) is 17.7 Å². The topological polar surface area (TPSA) is 74.7 Å². The molecule has 1 aliphatic rings. The standard InChI is InChI=1S/C15H17NO4/c1-10(17)11-5-7-12(8-6-11)14(18)16-9-3-2-4-13(16)15(19)20/h5-8,13H,2-4,9H2,1H3,(H,19,20)/t13-/m0/s1. The number of hydrogen-bond acceptors (Lipinski definition) is 3. The van der Waals surface area contributed by atoms with E-state index in [1.54, 1.807) is 24.3 Å². The van der Waals surface area contributed by atoms with Gasteiger partial charge >= 0.3 is 5.97 Å². The number of hydrogen-bond donors (Lipinski definition) is 1. The molecule has 1 amide bonds. The van der Waals surface area contributed by atoms with Gasteiger partial charge in [-0.05, 0) is 38.3 Å². The molecule has 1 atom stereocenters. The van der Waals surface area contributed by atoms with Crippen molar-refractivity contribution in [3.05, 3.63) is 35.4 Å². The molecule has 106 valence electrons. The third-order valence-electron chi connectivity index (χ3n) is 3.59. The lowest BCUT2D eigenvalue weighted by atomic mass is 10.0. The first-order chi connectivity index (χ1) is 9.50. The van der Waals surface area contributed by atoms with Crippen LogP contribution in [0.15, 0.2) is 24.3 Å². The van der Waals surface area contributed by atoms with Gasteiger partial charge in [0.1, 0.15) is 6.04 Å². The lowest BCUT2D eigenvalue weighted by Crippen LogP contribution is -2.47. The van der Waals surface area contributed by atoms with Gasteiger partial charge in [-0.3, -0.25) is 9.59 Å². The summed E-state index contributed by atoms with van der Waals surface area (Å²) in [4.78, 5) is 36.2. The molecule has 1 aromatic rings. The van der Waals surface area contributed by atoms with Crippen molar-refractivity contribution in [1.29, 1.82) is 0 Å². The summed E-state index contributed by atoms with van der Waals surface area (Å²) in [5.74, 6) is -1.31. The highest BCUT2D eigenvalue weighted by Crippen LogP contribution is 2.20. The van der Waals surface area contributed by atoms with Crippen LogP contribution < -0.4 is 0 Å². The van der Waals surface area contributed by atoms with Crippen molar-refractivity contribution in [1.82, 2.24) is 4.90 Å². The molecule has 0 spiro atoms. The Labute approximate surface area is 117 Å². The van der Waals surface area contributed by atoms with E-state index in [4.69, 9.17) is 0 Å². The van der Waals surface area contributed by atoms with Crippen molar-refractivity contribution in [3.63, 3.8) is 0 Å². The molecule has 1 heterocycles. The summed E-state index contributed by atoms with van der Waals surface area (Å²) in [6, 6.07) is 5.59. The van der Waals surface area contributed by atoms with E-state index >= 15 is 0 Å². The van der Waals surface area contributed by atoms with Crippen LogP contribution >= 0.6 is 0 Å². The Hall–Kier alpha value is -2.17. The molecule has 1 aromatic carbocycles. The van der Waals surface area contributed by atoms with Gasteiger partial charge in [0.05, 0.1) is 0 Å². The van der Waals surface area contributed by atoms with Crippen LogP contribution in [0.4, 0.5) is 0 Å². The zero-order valence-corrected chi connectivity index (χ0v) is 11.3. The summed E-state index contributed by atoms with van der Waals surface area (Å²) >= 11 is 0. The molecular formula is C15H17NO4. The molecule has 0 saturated carbocycles. The number of piperidine rings is 1. The lowest BCUT2D eigenvalue weighted by Gasteiger charge is -2.33. The zero-order chi connectivity index (χ0) is 14.7. The molecule has 0 aliphatic carbocycles. The number of carboxylic acid groups (broad SMARTS) is 1. The lowest BCUT2D eigenvalue weighted by molar-refractivity contribution is -0.143. The molecule has 5 heteroatoms. The molecule has 1 fully saturated rings. The molecule has 2 rings (SSSR count). The number of rotatable bonds is 3. The Morgan fingerprint density at radius 3 is 2.25 bits per heavy atom. The van der Waals surface area contributed by atoms with Crippen molar-refractivity contribution in [3.8, 4) is 0 Å². The van der Waals surface area contributed by atoms with E-state index in [1.807, 2.05) is 0 Å². The predicted octanol–water partition coefficient (Wildman–Crippen LogP) is 1.97. The number of Topliss-reactive ketones (excluding diaryl/α,β-unsaturated/α-hetero) is 1. The SMILES string of the molecule is CC(=O)c1ccc(C(=O)N2CCCC[C@H]2C(=O)O)cc1. The van der Waals surface area contributed by atoms with Gasteiger partial charge in [-0.15, -0.1) is 0 Å². The Balaban J connectivity index is 2.20. The van der Waals surface area contributed by atoms with Gasteiger partial charge in [-0.1, -0.05) is 12.1 Å². The molecule has 0 unspecified atom stereocenters. The van der Waals surface area contributed by atoms with E-state index < -0.39 is 12.0 Å². The van der Waals surface area contributed by atoms with Crippen LogP contribution in [0, 0.1) is 0 Å². The van der Waals surface area contributed by atoms with Crippen LogP contribution in [0.3, 0.4) is 0 Å². The first-order valence-electron chi connectivity index (χ1n) is 6.65. The monoisotopic (exact) mass is 275 g/mol. The van der Waals surface area contributed by atoms with Gasteiger partial charge in [0.25, 0.3) is 5.91 Å². The molecule has 1 saturated heterocycles. The van der Waals surface area contributed by atoms with Crippen LogP contribution in [0.1, 0.15) is 46.9 Å². The molecule has 20 heavy (non-hydrogen) atoms. The molecular weight excluding hydrogens is 258 g/mol. The van der Waals surface area contributed by atoms with E-state index in [2.05, 4.69) is 0 Å². The third-order valence-corrected chi connectivity index (χ3v) is 3.59. The minimum absolute atomic E-state index is 0.0645. The van der Waals surface area contributed by atoms with Gasteiger partial charge in [-0.25, -0.2) is 4.79 Å². The van der Waals surface area contributed by atoms with E-state index in [0.29, 0.717) is 24.1 Å². The van der Waals surface area contributed by atoms with Crippen LogP contribution in [0.2, 0.25) is 0 Å². The number of carbonyl (C=O) groups is 3. The van der Waals surface area contributed by atoms with Crippen molar-refractivity contribution in [2.45, 2.75) is 32.2 Å². The Bertz CT molecular complexity index is 535. The van der Waals surface area contributed by atoms with Gasteiger partial charge in [-0.2, -0.15) is 0 Å². The highest BCUT2D eigenvalue weighted by atomic mass is 16.4. The molecule has 5 nitrogen and oxygen atoms in total. The molecule has 1 aliphatic heterocycles. The van der Waals surface area contributed by atoms with Crippen molar-refractivity contribution < 1.29 is 19.5 Å². The first-order valence-corrected chi connectivity index (χ1v) is 6.65. The van der Waals surface area contributed by atoms with Crippen molar-refractivity contribution >= 4 is 17.7 Å². The van der Waals surface area contributed by atoms with Crippen LogP contribution in [0.5, 0.6) is 0 Å². The number of nitrogens with zero attached hydrogens (tertiary/aromatic N) is 1. The summed E-state index contributed by atoms with van der Waals surface area (Å²) in [6.07, 6.45) is 2.14. The average molecular weight is 275 g/mol. The smallest absolute Gasteiger partial charge is 0.326 e. The van der Waals surface area contributed by atoms with E-state index in [-0.39, 0.29) is 11.7 Å². The molecule has 1 N–H and O–H groups in total. The Morgan fingerprint density at radius 1 is 1.10 bits per heavy atom. The van der Waals surface area contributed by atoms with E-state index in [9.17, 15) is 19.5 Å². The number of amides is 1. The molecule has 0 bridgehead atoms. The number of benzene rings is 1. The van der Waals surface area contributed by atoms with Gasteiger partial charge in [0.2, 0.25) is 0 Å². The number of carbonyl (C=O) groups excluding carboxylic acids is 2. The van der Waals surface area contributed by atoms with E-state index in [1.165, 1.54) is 11.8 Å². The van der Waals surface area contributed by atoms with Gasteiger partial charge in [0.15, 0.2) is 5.78 Å². The first kappa shape index (κ1) is 14.2. The molecule has 0 radical (unpaired) electrons. The number of aliphatic carboxylic acids is 1. The predicted molar refractivity (Wildman–Crippen MR) is 72.8 cm³/mol. The summed E-state index contributed by atoms with van der Waals surface area (Å²) in [7, 11) is 0. The van der Waals surface area contributed by atoms with Gasteiger partial charge < -0.3 is 10.0 Å². The van der Waals surface area contributed by atoms with Crippen LogP contribution in [0.25, 0.3) is 0 Å². The minimum Gasteiger partial charge on any atom is -0.480 e. The maximum Gasteiger partial charge on any atom is 0.326 e. The largest absolute Gasteiger partial charge is 0.480 e. The number of carboxylic acids is 1. The highest BCUT2D eigenvalue weighted by Gasteiger charge is 2.32. The number of ketones is 1. The Morgan fingerprint density at radius 2 is 1.70 bits per heavy atom. The fraction of sp³-hybridized carbons (Fsp3) is 0.400. The fourth-order valence-corrected chi connectivity index (χ4v) is 2.44. The summed E-state index contributed by atoms with van der Waals surface area (Å²) < 4.78 is 0. The van der Waals surface area contributed by atoms with Crippen LogP contribution in [-0.2, 0) is 4.79 Å². The third kappa shape index (κ3) is 2.87. The van der Waals surface area contributed by atoms with Crippen molar-refractivity contribution in [2.75, 3.05) is 6.54 Å². The second-order valence-electron chi connectivity index (χ2n) is 4.98. The molecule has 0 aromatic heterocycles. The summed E-state index contributed by atoms with van der Waals surface area (Å²) in [5.41, 5.74) is 0.957. The summed E-state index contributed by atoms with van der Waals surface area (Å²) in [5, 5.41) is 9.18. The van der Waals surface area contributed by atoms with Crippen molar-refractivity contribution in [2.24, 2.45) is 0 Å². The maximum absolute atomic E-state index is 12.4. The fourth-order valence-electron chi connectivity index (χ4n) is 2.44. The highest BCUT2D eigenvalue weighted by molar-refractivity contribution is 5.99. The second kappa shape index (κ2) is 5.86. The Kier molecular flexibility index (Phi) is 4.17. The van der Waals surface area contributed by atoms with E-state index in [0.717, 1.165) is 12.8 Å². The maximum atomic E-state index is 12.4. The second-order valence-corrected chi connectivity index (χ2v) is 4.98. The normalized spacial score (nSPS) is 18.6. The van der Waals surface area contributed by atoms with Crippen LogP contribution in [-0.4, -0.2) is 40.3 Å². The average Bonchev–Trinajstić information content (AvgIpc) is 2.46. The summed E-state index contributed by atoms with van der Waals surface area (Å²) in [6.45, 7) is 1.92.